The summed E-state index contributed by atoms with van der Waals surface area (Å²) in [5.41, 5.74) is 4.22. The van der Waals surface area contributed by atoms with Crippen LogP contribution in [-0.2, 0) is 32.7 Å². The van der Waals surface area contributed by atoms with E-state index in [0.717, 1.165) is 74.6 Å². The molecule has 4 aromatic rings. The predicted molar refractivity (Wildman–Crippen MR) is 231 cm³/mol. The monoisotopic (exact) mass is 852 g/mol. The van der Waals surface area contributed by atoms with Crippen molar-refractivity contribution in [2.75, 3.05) is 54.8 Å². The van der Waals surface area contributed by atoms with Crippen LogP contribution in [0.1, 0.15) is 73.5 Å². The fourth-order valence-corrected chi connectivity index (χ4v) is 10.2. The summed E-state index contributed by atoms with van der Waals surface area (Å²) in [5, 5.41) is 8.84. The summed E-state index contributed by atoms with van der Waals surface area (Å²) in [5.74, 6) is -0.930. The zero-order valence-corrected chi connectivity index (χ0v) is 35.8. The molecule has 1 unspecified atom stereocenters. The zero-order valence-electron chi connectivity index (χ0n) is 35.0. The van der Waals surface area contributed by atoms with Crippen LogP contribution in [0, 0.1) is 12.7 Å². The number of benzene rings is 3. The fraction of sp³-hybridized carbons (Fsp3) is 0.432. The second kappa shape index (κ2) is 17.1. The minimum Gasteiger partial charge on any atom is -0.369 e. The summed E-state index contributed by atoms with van der Waals surface area (Å²) in [6.07, 6.45) is 4.17. The lowest BCUT2D eigenvalue weighted by Gasteiger charge is -2.43. The smallest absolute Gasteiger partial charge is 0.258 e. The van der Waals surface area contributed by atoms with E-state index < -0.39 is 39.2 Å². The van der Waals surface area contributed by atoms with Gasteiger partial charge in [-0.15, -0.1) is 0 Å². The van der Waals surface area contributed by atoms with Gasteiger partial charge in [-0.05, 0) is 120 Å². The zero-order chi connectivity index (χ0) is 43.1. The summed E-state index contributed by atoms with van der Waals surface area (Å²) in [6, 6.07) is 17.9. The number of aryl methyl sites for hydroxylation is 1. The summed E-state index contributed by atoms with van der Waals surface area (Å²) < 4.78 is 43.8. The number of halogens is 1. The Hall–Kier alpha value is -5.49. The number of fused-ring (bicyclic) bond motifs is 1. The van der Waals surface area contributed by atoms with E-state index in [0.29, 0.717) is 35.6 Å². The van der Waals surface area contributed by atoms with Gasteiger partial charge in [-0.25, -0.2) is 22.5 Å². The molecular formula is C44H53FN10O5S. The van der Waals surface area contributed by atoms with Crippen molar-refractivity contribution in [2.45, 2.75) is 89.0 Å². The molecular weight excluding hydrogens is 800 g/mol. The summed E-state index contributed by atoms with van der Waals surface area (Å²) >= 11 is 0. The number of anilines is 5. The summed E-state index contributed by atoms with van der Waals surface area (Å²) in [7, 11) is -3.70. The number of hydrogen-bond acceptors (Lipinski definition) is 12. The fourth-order valence-electron chi connectivity index (χ4n) is 8.71. The number of carbonyl (C=O) groups is 3. The number of nitrogens with one attached hydrogen (secondary N) is 4. The van der Waals surface area contributed by atoms with Gasteiger partial charge in [0.2, 0.25) is 27.8 Å². The van der Waals surface area contributed by atoms with E-state index in [1.165, 1.54) is 11.0 Å². The van der Waals surface area contributed by atoms with Crippen LogP contribution in [-0.4, -0.2) is 108 Å². The molecule has 3 aromatic carbocycles. The predicted octanol–water partition coefficient (Wildman–Crippen LogP) is 5.04. The van der Waals surface area contributed by atoms with E-state index in [2.05, 4.69) is 57.5 Å². The highest BCUT2D eigenvalue weighted by Crippen LogP contribution is 2.32. The molecule has 1 atom stereocenters. The van der Waals surface area contributed by atoms with E-state index >= 15 is 4.39 Å². The first-order valence-corrected chi connectivity index (χ1v) is 22.4. The molecule has 1 aromatic heterocycles. The topological polar surface area (TPSA) is 172 Å². The summed E-state index contributed by atoms with van der Waals surface area (Å²) in [4.78, 5) is 55.2. The Balaban J connectivity index is 0.802. The number of imide groups is 1. The Morgan fingerprint density at radius 2 is 1.62 bits per heavy atom. The molecule has 3 fully saturated rings. The normalized spacial score (nSPS) is 19.6. The minimum absolute atomic E-state index is 0.0332. The molecule has 322 valence electrons. The number of aromatic nitrogens is 2. The molecule has 0 bridgehead atoms. The van der Waals surface area contributed by atoms with Gasteiger partial charge in [-0.3, -0.25) is 29.5 Å². The number of nitrogens with zero attached hydrogens (tertiary/aromatic N) is 6. The molecule has 0 aliphatic carbocycles. The molecule has 3 saturated heterocycles. The van der Waals surface area contributed by atoms with Crippen LogP contribution in [0.15, 0.2) is 71.8 Å². The number of likely N-dealkylation sites (tertiary alicyclic amines) is 1. The first kappa shape index (κ1) is 42.2. The maximum Gasteiger partial charge on any atom is 0.258 e. The highest BCUT2D eigenvalue weighted by molar-refractivity contribution is 7.89. The van der Waals surface area contributed by atoms with Crippen molar-refractivity contribution in [2.24, 2.45) is 0 Å². The second-order valence-corrected chi connectivity index (χ2v) is 19.1. The van der Waals surface area contributed by atoms with Crippen LogP contribution in [0.3, 0.4) is 0 Å². The van der Waals surface area contributed by atoms with Gasteiger partial charge in [0.15, 0.2) is 0 Å². The quantitative estimate of drug-likeness (QED) is 0.149. The lowest BCUT2D eigenvalue weighted by atomic mass is 10.0. The number of piperidine rings is 2. The lowest BCUT2D eigenvalue weighted by molar-refractivity contribution is -0.136. The van der Waals surface area contributed by atoms with Crippen LogP contribution in [0.2, 0.25) is 0 Å². The Bertz CT molecular complexity index is 2430. The van der Waals surface area contributed by atoms with Crippen LogP contribution in [0.25, 0.3) is 0 Å². The van der Waals surface area contributed by atoms with E-state index in [-0.39, 0.29) is 35.8 Å². The number of piperazine rings is 1. The van der Waals surface area contributed by atoms with E-state index in [1.54, 1.807) is 51.2 Å². The van der Waals surface area contributed by atoms with Crippen LogP contribution >= 0.6 is 0 Å². The van der Waals surface area contributed by atoms with E-state index in [9.17, 15) is 22.8 Å². The summed E-state index contributed by atoms with van der Waals surface area (Å²) in [6.45, 7) is 13.6. The SMILES string of the molecule is Cc1cnc(Nc2ccc(N3CCN(C4CCN(Cc5cc(F)c6c(c5)CN(C5CCC(=O)NC5=O)C6=O)CC4)CC3)cc2)nc1Nc1cccc(S(=O)(=O)NC(C)(C)C)c1. The van der Waals surface area contributed by atoms with Gasteiger partial charge in [-0.2, -0.15) is 4.98 Å². The van der Waals surface area contributed by atoms with Crippen molar-refractivity contribution in [3.63, 3.8) is 0 Å². The van der Waals surface area contributed by atoms with Gasteiger partial charge in [0.05, 0.1) is 10.5 Å². The first-order valence-electron chi connectivity index (χ1n) is 20.9. The third-order valence-corrected chi connectivity index (χ3v) is 13.5. The Kier molecular flexibility index (Phi) is 11.8. The molecule has 4 aliphatic heterocycles. The van der Waals surface area contributed by atoms with Gasteiger partial charge < -0.3 is 20.4 Å². The largest absolute Gasteiger partial charge is 0.369 e. The number of carbonyl (C=O) groups excluding carboxylic acids is 3. The Morgan fingerprint density at radius 3 is 2.33 bits per heavy atom. The van der Waals surface area contributed by atoms with Crippen LogP contribution in [0.4, 0.5) is 33.2 Å². The molecule has 4 N–H and O–H groups in total. The van der Waals surface area contributed by atoms with Crippen molar-refractivity contribution < 1.29 is 27.2 Å². The minimum atomic E-state index is -3.70. The van der Waals surface area contributed by atoms with E-state index in [4.69, 9.17) is 0 Å². The Morgan fingerprint density at radius 1 is 0.885 bits per heavy atom. The van der Waals surface area contributed by atoms with Crippen molar-refractivity contribution >= 4 is 56.6 Å². The molecule has 0 saturated carbocycles. The van der Waals surface area contributed by atoms with Gasteiger partial charge in [0, 0.05) is 86.1 Å². The van der Waals surface area contributed by atoms with E-state index in [1.807, 2.05) is 25.1 Å². The van der Waals surface area contributed by atoms with Gasteiger partial charge in [0.1, 0.15) is 17.7 Å². The third kappa shape index (κ3) is 9.70. The molecule has 15 nitrogen and oxygen atoms in total. The van der Waals surface area contributed by atoms with Crippen molar-refractivity contribution in [1.82, 2.24) is 34.7 Å². The number of amides is 3. The molecule has 4 aliphatic rings. The maximum atomic E-state index is 15.3. The molecule has 8 rings (SSSR count). The highest BCUT2D eigenvalue weighted by Gasteiger charge is 2.41. The average molecular weight is 853 g/mol. The number of hydrogen-bond donors (Lipinski definition) is 4. The third-order valence-electron chi connectivity index (χ3n) is 11.7. The number of sulfonamides is 1. The van der Waals surface area contributed by atoms with Crippen LogP contribution in [0.5, 0.6) is 0 Å². The lowest BCUT2D eigenvalue weighted by Crippen LogP contribution is -2.53. The standard InChI is InChI=1S/C44H53FN10O5S/c1-28-25-46-43(50-40(28)47-32-6-5-7-35(24-32)61(59,60)51-44(2,3)4)48-31-8-10-33(11-9-31)53-18-20-54(21-19-53)34-14-16-52(17-15-34)26-29-22-30-27-55(42(58)39(30)36(45)23-29)37-12-13-38(56)49-41(37)57/h5-11,22-25,34,37,51H,12-21,26-27H2,1-4H3,(H,49,56,57)(H2,46,47,48,50). The van der Waals surface area contributed by atoms with Crippen molar-refractivity contribution in [3.8, 4) is 0 Å². The van der Waals surface area contributed by atoms with Crippen LogP contribution < -0.4 is 25.6 Å². The second-order valence-electron chi connectivity index (χ2n) is 17.4. The van der Waals surface area contributed by atoms with Crippen molar-refractivity contribution in [3.05, 3.63) is 94.9 Å². The molecule has 61 heavy (non-hydrogen) atoms. The van der Waals surface area contributed by atoms with Gasteiger partial charge >= 0.3 is 0 Å². The van der Waals surface area contributed by atoms with Gasteiger partial charge in [0.25, 0.3) is 5.91 Å². The molecule has 17 heteroatoms. The maximum absolute atomic E-state index is 15.3. The highest BCUT2D eigenvalue weighted by atomic mass is 32.2. The Labute approximate surface area is 356 Å². The molecule has 0 spiro atoms. The molecule has 0 radical (unpaired) electrons. The number of rotatable bonds is 11. The van der Waals surface area contributed by atoms with Gasteiger partial charge in [-0.1, -0.05) is 12.1 Å². The first-order chi connectivity index (χ1) is 29.1. The molecule has 3 amide bonds. The average Bonchev–Trinajstić information content (AvgIpc) is 3.54. The van der Waals surface area contributed by atoms with Crippen molar-refractivity contribution in [1.29, 1.82) is 0 Å². The molecule has 5 heterocycles.